The Morgan fingerprint density at radius 2 is 1.31 bits per heavy atom. The number of esters is 4. The molecule has 5 atom stereocenters. The quantitative estimate of drug-likeness (QED) is 0.283. The predicted molar refractivity (Wildman–Crippen MR) is 119 cm³/mol. The van der Waals surface area contributed by atoms with Gasteiger partial charge in [0.05, 0.1) is 0 Å². The van der Waals surface area contributed by atoms with Crippen LogP contribution in [0.3, 0.4) is 0 Å². The second kappa shape index (κ2) is 12.7. The van der Waals surface area contributed by atoms with E-state index in [0.717, 1.165) is 26.3 Å². The molecule has 1 fully saturated rings. The van der Waals surface area contributed by atoms with Gasteiger partial charge in [-0.25, -0.2) is 0 Å². The van der Waals surface area contributed by atoms with E-state index in [1.807, 2.05) is 0 Å². The highest BCUT2D eigenvalue weighted by Crippen LogP contribution is 2.31. The number of hydrogen-bond acceptors (Lipinski definition) is 11. The molecule has 1 heterocycles. The second-order valence-corrected chi connectivity index (χ2v) is 7.70. The molecular weight excluding hydrogens is 464 g/mol. The van der Waals surface area contributed by atoms with Crippen molar-refractivity contribution in [1.82, 2.24) is 0 Å². The smallest absolute Gasteiger partial charge is 0.303 e. The summed E-state index contributed by atoms with van der Waals surface area (Å²) in [6, 6.07) is 6.54. The molecule has 1 aromatic carbocycles. The summed E-state index contributed by atoms with van der Waals surface area (Å²) in [6.07, 6.45) is -3.31. The molecule has 11 nitrogen and oxygen atoms in total. The number of allylic oxidation sites excluding steroid dienone is 1. The second-order valence-electron chi connectivity index (χ2n) is 7.70. The standard InChI is InChI=1S/C24H28O11/c1-13(25)6-7-18-8-10-19(11-9-18)34-24-23(33-17(5)29)22(32-16(4)28)21(31-15(3)27)20(35-24)12-30-14(2)26/h6-11,20-24H,12H2,1-5H3/b7-6-/t20?,21-,22?,23-,24?/m1/s1. The molecule has 35 heavy (non-hydrogen) atoms. The van der Waals surface area contributed by atoms with Gasteiger partial charge in [-0.05, 0) is 30.7 Å². The van der Waals surface area contributed by atoms with Gasteiger partial charge in [-0.1, -0.05) is 18.2 Å². The first-order chi connectivity index (χ1) is 16.5. The predicted octanol–water partition coefficient (Wildman–Crippen LogP) is 1.75. The van der Waals surface area contributed by atoms with Crippen LogP contribution in [0.5, 0.6) is 5.75 Å². The van der Waals surface area contributed by atoms with Crippen molar-refractivity contribution >= 4 is 35.7 Å². The van der Waals surface area contributed by atoms with Crippen LogP contribution in [0.4, 0.5) is 0 Å². The van der Waals surface area contributed by atoms with Crippen LogP contribution >= 0.6 is 0 Å². The molecule has 0 amide bonds. The summed E-state index contributed by atoms with van der Waals surface area (Å²) in [6.45, 7) is 5.67. The van der Waals surface area contributed by atoms with Gasteiger partial charge in [0.2, 0.25) is 12.4 Å². The van der Waals surface area contributed by atoms with Crippen molar-refractivity contribution in [3.8, 4) is 5.75 Å². The lowest BCUT2D eigenvalue weighted by Gasteiger charge is -2.43. The zero-order chi connectivity index (χ0) is 26.1. The molecule has 0 N–H and O–H groups in total. The molecule has 1 aliphatic rings. The van der Waals surface area contributed by atoms with E-state index in [1.54, 1.807) is 30.3 Å². The van der Waals surface area contributed by atoms with Gasteiger partial charge in [-0.2, -0.15) is 0 Å². The van der Waals surface area contributed by atoms with Crippen molar-refractivity contribution in [3.05, 3.63) is 35.9 Å². The van der Waals surface area contributed by atoms with Crippen molar-refractivity contribution < 1.29 is 52.4 Å². The van der Waals surface area contributed by atoms with E-state index in [9.17, 15) is 24.0 Å². The third-order valence-electron chi connectivity index (χ3n) is 4.59. The lowest BCUT2D eigenvalue weighted by atomic mass is 9.98. The summed E-state index contributed by atoms with van der Waals surface area (Å²) in [5.41, 5.74) is 0.731. The summed E-state index contributed by atoms with van der Waals surface area (Å²) in [5, 5.41) is 0. The maximum absolute atomic E-state index is 11.9. The van der Waals surface area contributed by atoms with E-state index in [4.69, 9.17) is 28.4 Å². The Labute approximate surface area is 202 Å². The summed E-state index contributed by atoms with van der Waals surface area (Å²) in [5.74, 6) is -2.62. The van der Waals surface area contributed by atoms with Gasteiger partial charge in [-0.3, -0.25) is 24.0 Å². The molecule has 0 saturated carbocycles. The van der Waals surface area contributed by atoms with Gasteiger partial charge in [0.25, 0.3) is 0 Å². The molecule has 190 valence electrons. The van der Waals surface area contributed by atoms with Crippen LogP contribution < -0.4 is 4.74 Å². The largest absolute Gasteiger partial charge is 0.463 e. The van der Waals surface area contributed by atoms with Gasteiger partial charge in [-0.15, -0.1) is 0 Å². The average Bonchev–Trinajstić information content (AvgIpc) is 2.75. The van der Waals surface area contributed by atoms with Crippen LogP contribution in [-0.2, 0) is 47.7 Å². The Kier molecular flexibility index (Phi) is 9.95. The number of ketones is 1. The maximum Gasteiger partial charge on any atom is 0.303 e. The monoisotopic (exact) mass is 492 g/mol. The number of carbonyl (C=O) groups is 5. The van der Waals surface area contributed by atoms with Crippen molar-refractivity contribution in [3.63, 3.8) is 0 Å². The number of hydrogen-bond donors (Lipinski definition) is 0. The third kappa shape index (κ3) is 8.85. The minimum atomic E-state index is -1.33. The van der Waals surface area contributed by atoms with Gasteiger partial charge in [0.15, 0.2) is 18.0 Å². The third-order valence-corrected chi connectivity index (χ3v) is 4.59. The Morgan fingerprint density at radius 3 is 1.83 bits per heavy atom. The highest BCUT2D eigenvalue weighted by Gasteiger charge is 2.53. The van der Waals surface area contributed by atoms with Crippen molar-refractivity contribution in [2.24, 2.45) is 0 Å². The van der Waals surface area contributed by atoms with Crippen LogP contribution in [0.2, 0.25) is 0 Å². The molecule has 3 unspecified atom stereocenters. The van der Waals surface area contributed by atoms with Gasteiger partial charge in [0.1, 0.15) is 18.5 Å². The van der Waals surface area contributed by atoms with E-state index in [-0.39, 0.29) is 12.4 Å². The fourth-order valence-corrected chi connectivity index (χ4v) is 3.29. The van der Waals surface area contributed by atoms with Crippen LogP contribution in [-0.4, -0.2) is 67.0 Å². The van der Waals surface area contributed by atoms with E-state index in [1.165, 1.54) is 19.9 Å². The van der Waals surface area contributed by atoms with Gasteiger partial charge < -0.3 is 28.4 Å². The van der Waals surface area contributed by atoms with E-state index in [2.05, 4.69) is 0 Å². The number of benzene rings is 1. The van der Waals surface area contributed by atoms with Crippen LogP contribution in [0.25, 0.3) is 6.08 Å². The minimum absolute atomic E-state index is 0.108. The zero-order valence-corrected chi connectivity index (χ0v) is 20.0. The molecular formula is C24H28O11. The number of carbonyl (C=O) groups excluding carboxylic acids is 5. The average molecular weight is 492 g/mol. The molecule has 0 bridgehead atoms. The van der Waals surface area contributed by atoms with Gasteiger partial charge >= 0.3 is 23.9 Å². The number of ether oxygens (including phenoxy) is 6. The lowest BCUT2D eigenvalue weighted by molar-refractivity contribution is -0.288. The van der Waals surface area contributed by atoms with E-state index < -0.39 is 54.6 Å². The normalized spacial score (nSPS) is 23.7. The summed E-state index contributed by atoms with van der Waals surface area (Å²) in [7, 11) is 0. The summed E-state index contributed by atoms with van der Waals surface area (Å²) in [4.78, 5) is 58.0. The SMILES string of the molecule is CC(=O)/C=C\c1ccc(OC2OC(COC(C)=O)[C@@H](OC(C)=O)C(OC(C)=O)[C@H]2OC(C)=O)cc1. The first-order valence-electron chi connectivity index (χ1n) is 10.7. The zero-order valence-electron chi connectivity index (χ0n) is 20.0. The van der Waals surface area contributed by atoms with Crippen LogP contribution in [0.15, 0.2) is 30.3 Å². The Morgan fingerprint density at radius 1 is 0.771 bits per heavy atom. The van der Waals surface area contributed by atoms with Crippen molar-refractivity contribution in [2.75, 3.05) is 6.61 Å². The molecule has 2 rings (SSSR count). The molecule has 1 aromatic rings. The van der Waals surface area contributed by atoms with Gasteiger partial charge in [0, 0.05) is 27.7 Å². The molecule has 0 spiro atoms. The summed E-state index contributed by atoms with van der Waals surface area (Å²) >= 11 is 0. The van der Waals surface area contributed by atoms with Crippen LogP contribution in [0, 0.1) is 0 Å². The summed E-state index contributed by atoms with van der Waals surface area (Å²) < 4.78 is 32.8. The Balaban J connectivity index is 2.40. The minimum Gasteiger partial charge on any atom is -0.463 e. The van der Waals surface area contributed by atoms with E-state index in [0.29, 0.717) is 5.75 Å². The molecule has 0 aromatic heterocycles. The molecule has 11 heteroatoms. The lowest BCUT2D eigenvalue weighted by Crippen LogP contribution is -2.63. The first-order valence-corrected chi connectivity index (χ1v) is 10.7. The first kappa shape index (κ1) is 27.5. The maximum atomic E-state index is 11.9. The molecule has 0 radical (unpaired) electrons. The topological polar surface area (TPSA) is 141 Å². The van der Waals surface area contributed by atoms with E-state index >= 15 is 0 Å². The molecule has 1 aliphatic heterocycles. The molecule has 0 aliphatic carbocycles. The highest BCUT2D eigenvalue weighted by molar-refractivity contribution is 5.91. The Bertz CT molecular complexity index is 966. The fourth-order valence-electron chi connectivity index (χ4n) is 3.29. The molecule has 1 saturated heterocycles. The van der Waals surface area contributed by atoms with Crippen molar-refractivity contribution in [2.45, 2.75) is 65.3 Å². The fraction of sp³-hybridized carbons (Fsp3) is 0.458. The van der Waals surface area contributed by atoms with Crippen molar-refractivity contribution in [1.29, 1.82) is 0 Å². The number of rotatable bonds is 9. The highest BCUT2D eigenvalue weighted by atomic mass is 16.7. The van der Waals surface area contributed by atoms with Crippen LogP contribution in [0.1, 0.15) is 40.2 Å². The Hall–Kier alpha value is -3.73.